The molecule has 2 N–H and O–H groups in total. The van der Waals surface area contributed by atoms with Crippen LogP contribution in [0.4, 0.5) is 0 Å². The fourth-order valence-electron chi connectivity index (χ4n) is 1.63. The molecule has 0 fully saturated rings. The molecule has 0 radical (unpaired) electrons. The average Bonchev–Trinajstić information content (AvgIpc) is 2.28. The summed E-state index contributed by atoms with van der Waals surface area (Å²) in [6.45, 7) is 6.63. The quantitative estimate of drug-likeness (QED) is 0.718. The normalized spacial score (nSPS) is 11.0. The second kappa shape index (κ2) is 7.42. The molecule has 0 saturated carbocycles. The first kappa shape index (κ1) is 13.2. The Balaban J connectivity index is 2.21. The van der Waals surface area contributed by atoms with Gasteiger partial charge in [0.25, 0.3) is 0 Å². The van der Waals surface area contributed by atoms with Gasteiger partial charge in [0.1, 0.15) is 0 Å². The van der Waals surface area contributed by atoms with Gasteiger partial charge in [0, 0.05) is 13.2 Å². The highest BCUT2D eigenvalue weighted by Crippen LogP contribution is 2.08. The van der Waals surface area contributed by atoms with Gasteiger partial charge in [-0.05, 0) is 29.9 Å². The van der Waals surface area contributed by atoms with Crippen LogP contribution in [-0.2, 0) is 17.9 Å². The van der Waals surface area contributed by atoms with E-state index < -0.39 is 0 Å². The maximum absolute atomic E-state index is 5.63. The number of benzene rings is 1. The molecule has 0 heterocycles. The maximum Gasteiger partial charge on any atom is 0.0716 e. The minimum Gasteiger partial charge on any atom is -0.377 e. The van der Waals surface area contributed by atoms with Crippen molar-refractivity contribution in [2.24, 2.45) is 11.7 Å². The van der Waals surface area contributed by atoms with Gasteiger partial charge in [-0.3, -0.25) is 0 Å². The third-order valence-electron chi connectivity index (χ3n) is 2.57. The van der Waals surface area contributed by atoms with Crippen molar-refractivity contribution in [3.8, 4) is 0 Å². The molecule has 0 aromatic heterocycles. The molecule has 0 amide bonds. The first-order chi connectivity index (χ1) is 7.72. The van der Waals surface area contributed by atoms with Crippen molar-refractivity contribution >= 4 is 0 Å². The van der Waals surface area contributed by atoms with E-state index in [1.165, 1.54) is 17.5 Å². The fraction of sp³-hybridized carbons (Fsp3) is 0.571. The van der Waals surface area contributed by atoms with Crippen molar-refractivity contribution in [3.63, 3.8) is 0 Å². The van der Waals surface area contributed by atoms with E-state index in [-0.39, 0.29) is 0 Å². The highest BCUT2D eigenvalue weighted by molar-refractivity contribution is 5.22. The summed E-state index contributed by atoms with van der Waals surface area (Å²) in [6, 6.07) is 8.28. The first-order valence-corrected chi connectivity index (χ1v) is 6.08. The van der Waals surface area contributed by atoms with Crippen molar-refractivity contribution in [2.45, 2.75) is 39.8 Å². The molecule has 2 nitrogen and oxygen atoms in total. The van der Waals surface area contributed by atoms with E-state index in [9.17, 15) is 0 Å². The zero-order chi connectivity index (χ0) is 11.8. The van der Waals surface area contributed by atoms with Crippen LogP contribution in [0.3, 0.4) is 0 Å². The zero-order valence-electron chi connectivity index (χ0n) is 10.4. The van der Waals surface area contributed by atoms with E-state index in [1.54, 1.807) is 0 Å². The molecule has 2 heteroatoms. The molecular formula is C14H23NO. The Bertz CT molecular complexity index is 297. The summed E-state index contributed by atoms with van der Waals surface area (Å²) in [5.41, 5.74) is 7.97. The van der Waals surface area contributed by atoms with Crippen LogP contribution in [0.2, 0.25) is 0 Å². The minimum atomic E-state index is 0.598. The monoisotopic (exact) mass is 221 g/mol. The summed E-state index contributed by atoms with van der Waals surface area (Å²) in [5.74, 6) is 0.768. The zero-order valence-corrected chi connectivity index (χ0v) is 10.4. The predicted octanol–water partition coefficient (Wildman–Crippen LogP) is 3.10. The molecule has 16 heavy (non-hydrogen) atoms. The molecule has 0 spiro atoms. The number of hydrogen-bond donors (Lipinski definition) is 1. The van der Waals surface area contributed by atoms with Gasteiger partial charge in [0.15, 0.2) is 0 Å². The lowest BCUT2D eigenvalue weighted by molar-refractivity contribution is 0.115. The number of nitrogens with two attached hydrogens (primary N) is 1. The number of rotatable bonds is 7. The van der Waals surface area contributed by atoms with Crippen LogP contribution in [0.15, 0.2) is 24.3 Å². The van der Waals surface area contributed by atoms with Gasteiger partial charge in [-0.2, -0.15) is 0 Å². The molecule has 0 saturated heterocycles. The van der Waals surface area contributed by atoms with Crippen LogP contribution in [0, 0.1) is 5.92 Å². The van der Waals surface area contributed by atoms with Crippen molar-refractivity contribution in [2.75, 3.05) is 6.61 Å². The van der Waals surface area contributed by atoms with E-state index in [2.05, 4.69) is 26.0 Å². The topological polar surface area (TPSA) is 35.2 Å². The van der Waals surface area contributed by atoms with E-state index in [1.807, 2.05) is 12.1 Å². The summed E-state index contributed by atoms with van der Waals surface area (Å²) < 4.78 is 5.63. The van der Waals surface area contributed by atoms with Crippen molar-refractivity contribution in [1.29, 1.82) is 0 Å². The predicted molar refractivity (Wildman–Crippen MR) is 68.1 cm³/mol. The van der Waals surface area contributed by atoms with Crippen LogP contribution in [0.5, 0.6) is 0 Å². The lowest BCUT2D eigenvalue weighted by Gasteiger charge is -2.07. The molecule has 1 aromatic rings. The lowest BCUT2D eigenvalue weighted by atomic mass is 10.1. The van der Waals surface area contributed by atoms with E-state index >= 15 is 0 Å². The maximum atomic E-state index is 5.63. The van der Waals surface area contributed by atoms with Gasteiger partial charge in [0.2, 0.25) is 0 Å². The number of ether oxygens (including phenoxy) is 1. The summed E-state index contributed by atoms with van der Waals surface area (Å²) >= 11 is 0. The Labute approximate surface area is 98.8 Å². The van der Waals surface area contributed by atoms with Gasteiger partial charge in [-0.1, -0.05) is 38.1 Å². The minimum absolute atomic E-state index is 0.598. The highest BCUT2D eigenvalue weighted by atomic mass is 16.5. The summed E-state index contributed by atoms with van der Waals surface area (Å²) in [5, 5.41) is 0. The molecule has 0 unspecified atom stereocenters. The molecule has 0 atom stereocenters. The van der Waals surface area contributed by atoms with Crippen LogP contribution in [0.1, 0.15) is 37.8 Å². The average molecular weight is 221 g/mol. The molecule has 90 valence electrons. The molecule has 0 aliphatic carbocycles. The Morgan fingerprint density at radius 3 is 2.69 bits per heavy atom. The third-order valence-corrected chi connectivity index (χ3v) is 2.57. The number of hydrogen-bond acceptors (Lipinski definition) is 2. The van der Waals surface area contributed by atoms with Gasteiger partial charge in [0.05, 0.1) is 6.61 Å². The van der Waals surface area contributed by atoms with Gasteiger partial charge < -0.3 is 10.5 Å². The van der Waals surface area contributed by atoms with Crippen molar-refractivity contribution in [1.82, 2.24) is 0 Å². The molecular weight excluding hydrogens is 198 g/mol. The Hall–Kier alpha value is -0.860. The smallest absolute Gasteiger partial charge is 0.0716 e. The van der Waals surface area contributed by atoms with E-state index in [0.29, 0.717) is 13.2 Å². The SMILES string of the molecule is CC(C)CCCOCc1cccc(CN)c1. The Morgan fingerprint density at radius 2 is 2.00 bits per heavy atom. The van der Waals surface area contributed by atoms with E-state index in [4.69, 9.17) is 10.5 Å². The van der Waals surface area contributed by atoms with Crippen molar-refractivity contribution < 1.29 is 4.74 Å². The second-order valence-electron chi connectivity index (χ2n) is 4.61. The highest BCUT2D eigenvalue weighted by Gasteiger charge is 1.97. The van der Waals surface area contributed by atoms with Crippen molar-refractivity contribution in [3.05, 3.63) is 35.4 Å². The molecule has 0 bridgehead atoms. The molecule has 0 aliphatic rings. The summed E-state index contributed by atoms with van der Waals surface area (Å²) in [4.78, 5) is 0. The third kappa shape index (κ3) is 5.29. The Kier molecular flexibility index (Phi) is 6.12. The van der Waals surface area contributed by atoms with Crippen LogP contribution >= 0.6 is 0 Å². The van der Waals surface area contributed by atoms with Gasteiger partial charge >= 0.3 is 0 Å². The fourth-order valence-corrected chi connectivity index (χ4v) is 1.63. The van der Waals surface area contributed by atoms with Crippen LogP contribution in [0.25, 0.3) is 0 Å². The Morgan fingerprint density at radius 1 is 1.25 bits per heavy atom. The van der Waals surface area contributed by atoms with Crippen LogP contribution < -0.4 is 5.73 Å². The van der Waals surface area contributed by atoms with E-state index in [0.717, 1.165) is 18.9 Å². The molecule has 1 aromatic carbocycles. The molecule has 1 rings (SSSR count). The van der Waals surface area contributed by atoms with Crippen LogP contribution in [-0.4, -0.2) is 6.61 Å². The van der Waals surface area contributed by atoms with Gasteiger partial charge in [-0.25, -0.2) is 0 Å². The second-order valence-corrected chi connectivity index (χ2v) is 4.61. The lowest BCUT2D eigenvalue weighted by Crippen LogP contribution is -2.00. The summed E-state index contributed by atoms with van der Waals surface area (Å²) in [7, 11) is 0. The standard InChI is InChI=1S/C14H23NO/c1-12(2)5-4-8-16-11-14-7-3-6-13(9-14)10-15/h3,6-7,9,12H,4-5,8,10-11,15H2,1-2H3. The van der Waals surface area contributed by atoms with Gasteiger partial charge in [-0.15, -0.1) is 0 Å². The largest absolute Gasteiger partial charge is 0.377 e. The first-order valence-electron chi connectivity index (χ1n) is 6.08. The summed E-state index contributed by atoms with van der Waals surface area (Å²) in [6.07, 6.45) is 2.39. The molecule has 0 aliphatic heterocycles.